The van der Waals surface area contributed by atoms with Crippen molar-refractivity contribution < 1.29 is 27.8 Å². The maximum absolute atomic E-state index is 13.7. The molecule has 0 aliphatic carbocycles. The maximum Gasteiger partial charge on any atom is 0.312 e. The van der Waals surface area contributed by atoms with Gasteiger partial charge in [-0.3, -0.25) is 4.79 Å². The van der Waals surface area contributed by atoms with E-state index in [9.17, 15) is 18.3 Å². The van der Waals surface area contributed by atoms with Crippen LogP contribution in [0.5, 0.6) is 5.75 Å². The first-order chi connectivity index (χ1) is 21.4. The fourth-order valence-corrected chi connectivity index (χ4v) is 6.97. The zero-order chi connectivity index (χ0) is 32.4. The van der Waals surface area contributed by atoms with Crippen LogP contribution in [0.15, 0.2) is 77.8 Å². The molecule has 1 aliphatic rings. The van der Waals surface area contributed by atoms with Crippen LogP contribution in [0.2, 0.25) is 0 Å². The molecule has 0 radical (unpaired) electrons. The fraction of sp³-hybridized carbons (Fsp3) is 0.364. The highest BCUT2D eigenvalue weighted by atomic mass is 32.2. The number of ether oxygens (including phenoxy) is 2. The summed E-state index contributed by atoms with van der Waals surface area (Å²) in [7, 11) is -3.85. The molecule has 11 nitrogen and oxygen atoms in total. The number of carbonyl (C=O) groups is 1. The van der Waals surface area contributed by atoms with Gasteiger partial charge in [-0.2, -0.15) is 4.31 Å². The van der Waals surface area contributed by atoms with Crippen molar-refractivity contribution in [3.63, 3.8) is 0 Å². The van der Waals surface area contributed by atoms with E-state index >= 15 is 0 Å². The molecule has 3 aromatic carbocycles. The minimum absolute atomic E-state index is 0.0306. The van der Waals surface area contributed by atoms with Gasteiger partial charge in [0.15, 0.2) is 0 Å². The Hall–Kier alpha value is -4.10. The molecule has 0 spiro atoms. The van der Waals surface area contributed by atoms with Crippen LogP contribution in [0, 0.1) is 12.3 Å². The van der Waals surface area contributed by atoms with Crippen molar-refractivity contribution in [3.05, 3.63) is 106 Å². The Kier molecular flexibility index (Phi) is 9.40. The van der Waals surface area contributed by atoms with Crippen LogP contribution in [-0.2, 0) is 45.8 Å². The Morgan fingerprint density at radius 1 is 1.11 bits per heavy atom. The van der Waals surface area contributed by atoms with Gasteiger partial charge in [0.1, 0.15) is 22.4 Å². The van der Waals surface area contributed by atoms with E-state index in [2.05, 4.69) is 10.3 Å². The molecule has 0 bridgehead atoms. The summed E-state index contributed by atoms with van der Waals surface area (Å²) in [5.74, 6) is -0.701. The number of sulfonamides is 1. The van der Waals surface area contributed by atoms with E-state index in [-0.39, 0.29) is 30.7 Å². The second kappa shape index (κ2) is 13.1. The van der Waals surface area contributed by atoms with Crippen molar-refractivity contribution in [2.75, 3.05) is 6.54 Å². The zero-order valence-electron chi connectivity index (χ0n) is 25.9. The number of fused-ring (bicyclic) bond motifs is 1. The first-order valence-corrected chi connectivity index (χ1v) is 16.2. The SMILES string of the molecule is Cc1ccc(C(OCc2cn(Cc3ccc(CN)cc3)nn2)C(C)(C)C(=O)O)cc1CN1C[C@@H](C)Oc2ccccc2S1(=O)=O. The predicted octanol–water partition coefficient (Wildman–Crippen LogP) is 4.43. The molecule has 1 unspecified atom stereocenters. The number of para-hydroxylation sites is 1. The molecule has 45 heavy (non-hydrogen) atoms. The third-order valence-electron chi connectivity index (χ3n) is 8.07. The molecule has 5 rings (SSSR count). The highest BCUT2D eigenvalue weighted by Crippen LogP contribution is 2.39. The number of nitrogens with two attached hydrogens (primary N) is 1. The van der Waals surface area contributed by atoms with Gasteiger partial charge < -0.3 is 20.3 Å². The van der Waals surface area contributed by atoms with Crippen LogP contribution in [0.1, 0.15) is 60.4 Å². The molecule has 0 amide bonds. The van der Waals surface area contributed by atoms with Gasteiger partial charge in [-0.05, 0) is 67.6 Å². The summed E-state index contributed by atoms with van der Waals surface area (Å²) in [6.07, 6.45) is 0.535. The summed E-state index contributed by atoms with van der Waals surface area (Å²) >= 11 is 0. The van der Waals surface area contributed by atoms with Gasteiger partial charge in [-0.1, -0.05) is 59.8 Å². The minimum Gasteiger partial charge on any atom is -0.488 e. The zero-order valence-corrected chi connectivity index (χ0v) is 26.7. The number of hydrogen-bond donors (Lipinski definition) is 2. The van der Waals surface area contributed by atoms with E-state index in [0.29, 0.717) is 30.1 Å². The van der Waals surface area contributed by atoms with E-state index in [4.69, 9.17) is 15.2 Å². The molecule has 4 aromatic rings. The molecular weight excluding hydrogens is 594 g/mol. The Bertz CT molecular complexity index is 1770. The molecule has 1 aliphatic heterocycles. The number of carboxylic acids is 1. The number of carboxylic acid groups (broad SMARTS) is 1. The van der Waals surface area contributed by atoms with Crippen molar-refractivity contribution >= 4 is 16.0 Å². The lowest BCUT2D eigenvalue weighted by Crippen LogP contribution is -2.36. The third-order valence-corrected chi connectivity index (χ3v) is 9.92. The summed E-state index contributed by atoms with van der Waals surface area (Å²) < 4.78 is 42.7. The van der Waals surface area contributed by atoms with Crippen molar-refractivity contribution in [2.24, 2.45) is 11.1 Å². The van der Waals surface area contributed by atoms with Crippen LogP contribution < -0.4 is 10.5 Å². The predicted molar refractivity (Wildman–Crippen MR) is 168 cm³/mol. The van der Waals surface area contributed by atoms with Crippen molar-refractivity contribution in [1.82, 2.24) is 19.3 Å². The lowest BCUT2D eigenvalue weighted by molar-refractivity contribution is -0.158. The van der Waals surface area contributed by atoms with Crippen molar-refractivity contribution in [3.8, 4) is 5.75 Å². The van der Waals surface area contributed by atoms with E-state index in [0.717, 1.165) is 22.3 Å². The molecule has 0 fully saturated rings. The Morgan fingerprint density at radius 2 is 1.82 bits per heavy atom. The number of benzene rings is 3. The van der Waals surface area contributed by atoms with Crippen LogP contribution in [0.3, 0.4) is 0 Å². The third kappa shape index (κ3) is 7.09. The summed E-state index contributed by atoms with van der Waals surface area (Å²) in [6.45, 7) is 8.21. The van der Waals surface area contributed by atoms with Gasteiger partial charge in [0.05, 0.1) is 37.4 Å². The molecule has 1 aromatic heterocycles. The monoisotopic (exact) mass is 633 g/mol. The Balaban J connectivity index is 1.38. The lowest BCUT2D eigenvalue weighted by Gasteiger charge is -2.31. The second-order valence-electron chi connectivity index (χ2n) is 12.0. The maximum atomic E-state index is 13.7. The van der Waals surface area contributed by atoms with Crippen LogP contribution in [0.4, 0.5) is 0 Å². The Morgan fingerprint density at radius 3 is 2.53 bits per heavy atom. The quantitative estimate of drug-likeness (QED) is 0.244. The first kappa shape index (κ1) is 32.3. The molecule has 0 saturated heterocycles. The summed E-state index contributed by atoms with van der Waals surface area (Å²) in [5, 5.41) is 18.6. The van der Waals surface area contributed by atoms with E-state index in [1.807, 2.05) is 56.3 Å². The van der Waals surface area contributed by atoms with Crippen LogP contribution in [-0.4, -0.2) is 51.4 Å². The molecule has 12 heteroatoms. The van der Waals surface area contributed by atoms with Gasteiger partial charge in [-0.25, -0.2) is 13.1 Å². The minimum atomic E-state index is -3.85. The highest BCUT2D eigenvalue weighted by molar-refractivity contribution is 7.89. The summed E-state index contributed by atoms with van der Waals surface area (Å²) in [4.78, 5) is 12.5. The average molecular weight is 634 g/mol. The normalized spacial score (nSPS) is 17.2. The number of nitrogens with zero attached hydrogens (tertiary/aromatic N) is 4. The van der Waals surface area contributed by atoms with E-state index in [1.54, 1.807) is 49.0 Å². The van der Waals surface area contributed by atoms with Gasteiger partial charge in [0, 0.05) is 13.1 Å². The molecule has 2 heterocycles. The molecule has 2 atom stereocenters. The lowest BCUT2D eigenvalue weighted by atomic mass is 9.81. The van der Waals surface area contributed by atoms with Crippen LogP contribution >= 0.6 is 0 Å². The van der Waals surface area contributed by atoms with Crippen LogP contribution in [0.25, 0.3) is 0 Å². The first-order valence-electron chi connectivity index (χ1n) is 14.8. The van der Waals surface area contributed by atoms with Gasteiger partial charge in [0.2, 0.25) is 10.0 Å². The molecule has 0 saturated carbocycles. The summed E-state index contributed by atoms with van der Waals surface area (Å²) in [6, 6.07) is 20.1. The largest absolute Gasteiger partial charge is 0.488 e. The Labute approximate surface area is 263 Å². The smallest absolute Gasteiger partial charge is 0.312 e. The van der Waals surface area contributed by atoms with Crippen molar-refractivity contribution in [1.29, 1.82) is 0 Å². The second-order valence-corrected chi connectivity index (χ2v) is 13.9. The van der Waals surface area contributed by atoms with Gasteiger partial charge in [0.25, 0.3) is 0 Å². The molecule has 238 valence electrons. The highest BCUT2D eigenvalue weighted by Gasteiger charge is 2.40. The number of aromatic nitrogens is 3. The summed E-state index contributed by atoms with van der Waals surface area (Å²) in [5.41, 5.74) is 9.23. The number of hydrogen-bond acceptors (Lipinski definition) is 8. The number of aryl methyl sites for hydroxylation is 1. The fourth-order valence-electron chi connectivity index (χ4n) is 5.35. The number of rotatable bonds is 11. The van der Waals surface area contributed by atoms with E-state index < -0.39 is 27.5 Å². The van der Waals surface area contributed by atoms with Crippen molar-refractivity contribution in [2.45, 2.75) is 71.0 Å². The standard InChI is InChI=1S/C33H39N5O6S/c1-22-9-14-26(15-27(22)19-38-17-23(2)44-29-7-5-6-8-30(29)45(38,41)42)31(33(3,4)32(39)40)43-21-28-20-37(36-35-28)18-25-12-10-24(16-34)11-13-25/h5-15,20,23,31H,16-19,21,34H2,1-4H3,(H,39,40)/t23-,31?/m1/s1. The number of aliphatic carboxylic acids is 1. The van der Waals surface area contributed by atoms with Gasteiger partial charge in [-0.15, -0.1) is 5.10 Å². The topological polar surface area (TPSA) is 150 Å². The average Bonchev–Trinajstić information content (AvgIpc) is 3.42. The molecule has 3 N–H and O–H groups in total. The van der Waals surface area contributed by atoms with Gasteiger partial charge >= 0.3 is 5.97 Å². The molecular formula is C33H39N5O6S. The van der Waals surface area contributed by atoms with E-state index in [1.165, 1.54) is 4.31 Å².